The number of nitrogens with one attached hydrogen (secondary N) is 1. The number of aryl methyl sites for hydroxylation is 2. The molecule has 1 rings (SSSR count). The Bertz CT molecular complexity index is 444. The Labute approximate surface area is 125 Å². The van der Waals surface area contributed by atoms with Crippen LogP contribution in [0.5, 0.6) is 0 Å². The van der Waals surface area contributed by atoms with Gasteiger partial charge in [0.15, 0.2) is 0 Å². The molecule has 0 amide bonds. The third-order valence-electron chi connectivity index (χ3n) is 3.38. The molecule has 0 aliphatic carbocycles. The fourth-order valence-electron chi connectivity index (χ4n) is 2.49. The van der Waals surface area contributed by atoms with Crippen LogP contribution < -0.4 is 5.32 Å². The fraction of sp³-hybridized carbons (Fsp3) is 0.625. The molecule has 21 heavy (non-hydrogen) atoms. The summed E-state index contributed by atoms with van der Waals surface area (Å²) in [5.41, 5.74) is 3.35. The number of benzene rings is 1. The van der Waals surface area contributed by atoms with Crippen molar-refractivity contribution in [2.45, 2.75) is 39.4 Å². The van der Waals surface area contributed by atoms with E-state index in [0.717, 1.165) is 29.7 Å². The van der Waals surface area contributed by atoms with Gasteiger partial charge < -0.3 is 5.32 Å². The van der Waals surface area contributed by atoms with Gasteiger partial charge in [0.25, 0.3) is 0 Å². The molecule has 0 aromatic heterocycles. The van der Waals surface area contributed by atoms with Crippen LogP contribution in [0.3, 0.4) is 0 Å². The molecular formula is C16H25F3N2. The first-order valence-electron chi connectivity index (χ1n) is 7.28. The lowest BCUT2D eigenvalue weighted by molar-refractivity contribution is -0.143. The summed E-state index contributed by atoms with van der Waals surface area (Å²) in [5.74, 6) is 0. The van der Waals surface area contributed by atoms with Crippen molar-refractivity contribution in [1.82, 2.24) is 10.2 Å². The summed E-state index contributed by atoms with van der Waals surface area (Å²) in [6.45, 7) is 6.31. The zero-order chi connectivity index (χ0) is 16.0. The van der Waals surface area contributed by atoms with Crippen molar-refractivity contribution in [2.24, 2.45) is 0 Å². The van der Waals surface area contributed by atoms with Crippen molar-refractivity contribution in [2.75, 3.05) is 26.7 Å². The first kappa shape index (κ1) is 18.0. The van der Waals surface area contributed by atoms with Crippen LogP contribution in [0.4, 0.5) is 13.2 Å². The number of rotatable bonds is 7. The lowest BCUT2D eigenvalue weighted by Crippen LogP contribution is -2.38. The van der Waals surface area contributed by atoms with Gasteiger partial charge in [0, 0.05) is 12.6 Å². The van der Waals surface area contributed by atoms with E-state index < -0.39 is 12.7 Å². The van der Waals surface area contributed by atoms with Gasteiger partial charge in [0.05, 0.1) is 6.54 Å². The zero-order valence-corrected chi connectivity index (χ0v) is 13.2. The molecule has 0 aliphatic heterocycles. The fourth-order valence-corrected chi connectivity index (χ4v) is 2.49. The average molecular weight is 302 g/mol. The van der Waals surface area contributed by atoms with Crippen molar-refractivity contribution in [1.29, 1.82) is 0 Å². The van der Waals surface area contributed by atoms with E-state index in [-0.39, 0.29) is 6.04 Å². The Hall–Kier alpha value is -1.07. The van der Waals surface area contributed by atoms with Gasteiger partial charge in [-0.3, -0.25) is 4.90 Å². The summed E-state index contributed by atoms with van der Waals surface area (Å²) in [5, 5.41) is 3.35. The second-order valence-electron chi connectivity index (χ2n) is 5.68. The number of halogens is 3. The Balaban J connectivity index is 2.84. The maximum Gasteiger partial charge on any atom is 0.401 e. The third kappa shape index (κ3) is 6.48. The van der Waals surface area contributed by atoms with Crippen molar-refractivity contribution < 1.29 is 13.2 Å². The summed E-state index contributed by atoms with van der Waals surface area (Å²) in [4.78, 5) is 1.33. The molecule has 0 heterocycles. The maximum atomic E-state index is 12.5. The highest BCUT2D eigenvalue weighted by Crippen LogP contribution is 2.22. The molecule has 0 aliphatic rings. The number of likely N-dealkylation sites (N-methyl/N-ethyl adjacent to an activating group) is 1. The molecule has 1 aromatic rings. The predicted octanol–water partition coefficient (Wildman–Crippen LogP) is 3.84. The predicted molar refractivity (Wildman–Crippen MR) is 80.5 cm³/mol. The lowest BCUT2D eigenvalue weighted by atomic mass is 9.98. The largest absolute Gasteiger partial charge is 0.401 e. The number of alkyl halides is 3. The second kappa shape index (κ2) is 7.80. The van der Waals surface area contributed by atoms with E-state index in [2.05, 4.69) is 11.4 Å². The summed E-state index contributed by atoms with van der Waals surface area (Å²) >= 11 is 0. The Morgan fingerprint density at radius 2 is 1.90 bits per heavy atom. The first-order valence-corrected chi connectivity index (χ1v) is 7.28. The molecule has 0 spiro atoms. The average Bonchev–Trinajstić information content (AvgIpc) is 2.32. The minimum atomic E-state index is -4.16. The van der Waals surface area contributed by atoms with Crippen LogP contribution in [-0.4, -0.2) is 37.8 Å². The van der Waals surface area contributed by atoms with Gasteiger partial charge in [-0.2, -0.15) is 13.2 Å². The molecule has 1 unspecified atom stereocenters. The van der Waals surface area contributed by atoms with Crippen molar-refractivity contribution in [3.63, 3.8) is 0 Å². The molecule has 0 fully saturated rings. The van der Waals surface area contributed by atoms with E-state index in [9.17, 15) is 13.2 Å². The van der Waals surface area contributed by atoms with Crippen molar-refractivity contribution in [3.8, 4) is 0 Å². The molecule has 0 radical (unpaired) electrons. The van der Waals surface area contributed by atoms with E-state index in [0.29, 0.717) is 6.54 Å². The smallest absolute Gasteiger partial charge is 0.309 e. The standard InChI is InChI=1S/C16H25F3N2/c1-5-8-20-15(10-21(4)11-16(17,18)19)14-7-6-12(2)9-13(14)3/h6-7,9,15,20H,5,8,10-11H2,1-4H3. The van der Waals surface area contributed by atoms with E-state index in [1.165, 1.54) is 11.9 Å². The highest BCUT2D eigenvalue weighted by Gasteiger charge is 2.30. The zero-order valence-electron chi connectivity index (χ0n) is 13.2. The van der Waals surface area contributed by atoms with Gasteiger partial charge in [-0.15, -0.1) is 0 Å². The monoisotopic (exact) mass is 302 g/mol. The van der Waals surface area contributed by atoms with Gasteiger partial charge in [0.1, 0.15) is 0 Å². The first-order chi connectivity index (χ1) is 9.73. The Morgan fingerprint density at radius 1 is 1.24 bits per heavy atom. The van der Waals surface area contributed by atoms with E-state index in [1.54, 1.807) is 0 Å². The van der Waals surface area contributed by atoms with Crippen molar-refractivity contribution >= 4 is 0 Å². The van der Waals surface area contributed by atoms with Gasteiger partial charge in [-0.25, -0.2) is 0 Å². The van der Waals surface area contributed by atoms with Crippen LogP contribution in [-0.2, 0) is 0 Å². The van der Waals surface area contributed by atoms with Gasteiger partial charge in [-0.1, -0.05) is 30.7 Å². The maximum absolute atomic E-state index is 12.5. The topological polar surface area (TPSA) is 15.3 Å². The Morgan fingerprint density at radius 3 is 2.43 bits per heavy atom. The molecule has 5 heteroatoms. The number of hydrogen-bond acceptors (Lipinski definition) is 2. The van der Waals surface area contributed by atoms with Crippen molar-refractivity contribution in [3.05, 3.63) is 34.9 Å². The van der Waals surface area contributed by atoms with Crippen LogP contribution in [0.25, 0.3) is 0 Å². The lowest BCUT2D eigenvalue weighted by Gasteiger charge is -2.27. The molecule has 1 aromatic carbocycles. The summed E-state index contributed by atoms with van der Waals surface area (Å²) in [6, 6.07) is 6.00. The molecule has 2 nitrogen and oxygen atoms in total. The minimum Gasteiger partial charge on any atom is -0.309 e. The summed E-state index contributed by atoms with van der Waals surface area (Å²) in [7, 11) is 1.51. The Kier molecular flexibility index (Phi) is 6.68. The van der Waals surface area contributed by atoms with Crippen LogP contribution in [0.15, 0.2) is 18.2 Å². The molecule has 1 N–H and O–H groups in total. The number of hydrogen-bond donors (Lipinski definition) is 1. The summed E-state index contributed by atoms with van der Waals surface area (Å²) in [6.07, 6.45) is -3.21. The minimum absolute atomic E-state index is 0.0853. The molecule has 0 bridgehead atoms. The van der Waals surface area contributed by atoms with Gasteiger partial charge in [-0.05, 0) is 45.0 Å². The number of nitrogens with zero attached hydrogens (tertiary/aromatic N) is 1. The SMILES string of the molecule is CCCNC(CN(C)CC(F)(F)F)c1ccc(C)cc1C. The summed E-state index contributed by atoms with van der Waals surface area (Å²) < 4.78 is 37.4. The molecule has 0 saturated heterocycles. The molecular weight excluding hydrogens is 277 g/mol. The molecule has 120 valence electrons. The van der Waals surface area contributed by atoms with Gasteiger partial charge >= 0.3 is 6.18 Å². The molecule has 1 atom stereocenters. The van der Waals surface area contributed by atoms with Crippen LogP contribution in [0.2, 0.25) is 0 Å². The van der Waals surface area contributed by atoms with E-state index >= 15 is 0 Å². The van der Waals surface area contributed by atoms with Crippen LogP contribution >= 0.6 is 0 Å². The highest BCUT2D eigenvalue weighted by molar-refractivity contribution is 5.33. The quantitative estimate of drug-likeness (QED) is 0.823. The van der Waals surface area contributed by atoms with Crippen LogP contribution in [0, 0.1) is 13.8 Å². The normalized spacial score (nSPS) is 13.7. The third-order valence-corrected chi connectivity index (χ3v) is 3.38. The van der Waals surface area contributed by atoms with E-state index in [1.807, 2.05) is 32.9 Å². The second-order valence-corrected chi connectivity index (χ2v) is 5.68. The van der Waals surface area contributed by atoms with Gasteiger partial charge in [0.2, 0.25) is 0 Å². The van der Waals surface area contributed by atoms with Crippen LogP contribution in [0.1, 0.15) is 36.1 Å². The van der Waals surface area contributed by atoms with E-state index in [4.69, 9.17) is 0 Å². The molecule has 0 saturated carbocycles. The highest BCUT2D eigenvalue weighted by atomic mass is 19.4.